The largest absolute Gasteiger partial charge is 0.459 e. The summed E-state index contributed by atoms with van der Waals surface area (Å²) in [5.41, 5.74) is 7.37. The van der Waals surface area contributed by atoms with Crippen molar-refractivity contribution >= 4 is 29.1 Å². The Kier molecular flexibility index (Phi) is 6.25. The van der Waals surface area contributed by atoms with Crippen molar-refractivity contribution in [1.82, 2.24) is 4.90 Å². The molecule has 8 nitrogen and oxygen atoms in total. The zero-order valence-electron chi connectivity index (χ0n) is 17.5. The molecule has 3 N–H and O–H groups in total. The molecule has 0 bridgehead atoms. The monoisotopic (exact) mass is 424 g/mol. The van der Waals surface area contributed by atoms with Gasteiger partial charge in [-0.1, -0.05) is 0 Å². The number of carbonyl (C=O) groups excluding carboxylic acids is 3. The van der Waals surface area contributed by atoms with Crippen molar-refractivity contribution in [3.05, 3.63) is 47.9 Å². The third-order valence-corrected chi connectivity index (χ3v) is 6.12. The number of rotatable bonds is 5. The van der Waals surface area contributed by atoms with Gasteiger partial charge in [0.05, 0.1) is 17.6 Å². The minimum atomic E-state index is -0.523. The first kappa shape index (κ1) is 21.0. The number of likely N-dealkylation sites (tertiary alicyclic amines) is 1. The fourth-order valence-corrected chi connectivity index (χ4v) is 4.34. The van der Waals surface area contributed by atoms with Crippen LogP contribution in [-0.2, 0) is 4.79 Å². The number of furan rings is 1. The maximum absolute atomic E-state index is 13.0. The average Bonchev–Trinajstić information content (AvgIpc) is 3.34. The molecule has 4 rings (SSSR count). The summed E-state index contributed by atoms with van der Waals surface area (Å²) < 4.78 is 5.19. The van der Waals surface area contributed by atoms with E-state index in [9.17, 15) is 14.4 Å². The highest BCUT2D eigenvalue weighted by Crippen LogP contribution is 2.31. The quantitative estimate of drug-likeness (QED) is 0.767. The summed E-state index contributed by atoms with van der Waals surface area (Å²) >= 11 is 0. The second kappa shape index (κ2) is 9.24. The standard InChI is InChI=1S/C23H28N4O4/c24-21(28)17-6-7-19(26-10-2-1-3-11-26)18(15-17)25-22(29)16-8-12-27(13-9-16)23(30)20-5-4-14-31-20/h4-7,14-16H,1-3,8-13H2,(H2,24,28)(H,25,29). The maximum atomic E-state index is 13.0. The van der Waals surface area contributed by atoms with Crippen molar-refractivity contribution in [3.63, 3.8) is 0 Å². The van der Waals surface area contributed by atoms with Crippen LogP contribution in [0.5, 0.6) is 0 Å². The fraction of sp³-hybridized carbons (Fsp3) is 0.435. The molecule has 0 spiro atoms. The zero-order chi connectivity index (χ0) is 21.8. The Morgan fingerprint density at radius 3 is 2.39 bits per heavy atom. The summed E-state index contributed by atoms with van der Waals surface area (Å²) in [4.78, 5) is 41.1. The van der Waals surface area contributed by atoms with Gasteiger partial charge in [-0.3, -0.25) is 14.4 Å². The Morgan fingerprint density at radius 2 is 1.74 bits per heavy atom. The van der Waals surface area contributed by atoms with Crippen LogP contribution in [0.2, 0.25) is 0 Å². The molecular weight excluding hydrogens is 396 g/mol. The molecule has 0 atom stereocenters. The van der Waals surface area contributed by atoms with Crippen molar-refractivity contribution in [1.29, 1.82) is 0 Å². The topological polar surface area (TPSA) is 109 Å². The summed E-state index contributed by atoms with van der Waals surface area (Å²) in [6.45, 7) is 2.84. The molecule has 0 saturated carbocycles. The summed E-state index contributed by atoms with van der Waals surface area (Å²) in [5.74, 6) is -0.648. The van der Waals surface area contributed by atoms with Gasteiger partial charge in [-0.2, -0.15) is 0 Å². The van der Waals surface area contributed by atoms with E-state index in [4.69, 9.17) is 10.2 Å². The molecule has 1 aromatic carbocycles. The molecule has 8 heteroatoms. The molecule has 3 heterocycles. The Hall–Kier alpha value is -3.29. The highest BCUT2D eigenvalue weighted by Gasteiger charge is 2.29. The van der Waals surface area contributed by atoms with E-state index in [1.807, 2.05) is 6.07 Å². The third-order valence-electron chi connectivity index (χ3n) is 6.12. The second-order valence-electron chi connectivity index (χ2n) is 8.18. The molecule has 1 aromatic heterocycles. The van der Waals surface area contributed by atoms with E-state index < -0.39 is 5.91 Å². The highest BCUT2D eigenvalue weighted by atomic mass is 16.3. The van der Waals surface area contributed by atoms with Crippen LogP contribution in [0.3, 0.4) is 0 Å². The number of benzene rings is 1. The van der Waals surface area contributed by atoms with Crippen molar-refractivity contribution in [2.45, 2.75) is 32.1 Å². The Labute approximate surface area is 181 Å². The molecule has 0 unspecified atom stereocenters. The average molecular weight is 425 g/mol. The van der Waals surface area contributed by atoms with Gasteiger partial charge in [-0.15, -0.1) is 0 Å². The molecule has 3 amide bonds. The van der Waals surface area contributed by atoms with Gasteiger partial charge < -0.3 is 25.3 Å². The number of amides is 3. The number of nitrogens with two attached hydrogens (primary N) is 1. The normalized spacial score (nSPS) is 17.4. The lowest BCUT2D eigenvalue weighted by atomic mass is 9.95. The van der Waals surface area contributed by atoms with Crippen LogP contribution in [-0.4, -0.2) is 48.8 Å². The van der Waals surface area contributed by atoms with Gasteiger partial charge in [0.1, 0.15) is 0 Å². The minimum absolute atomic E-state index is 0.0926. The Balaban J connectivity index is 1.43. The van der Waals surface area contributed by atoms with E-state index in [2.05, 4.69) is 10.2 Å². The second-order valence-corrected chi connectivity index (χ2v) is 8.18. The van der Waals surface area contributed by atoms with E-state index in [1.54, 1.807) is 29.2 Å². The van der Waals surface area contributed by atoms with E-state index in [0.29, 0.717) is 42.9 Å². The van der Waals surface area contributed by atoms with Gasteiger partial charge in [0.25, 0.3) is 5.91 Å². The first-order valence-corrected chi connectivity index (χ1v) is 10.9. The molecule has 31 heavy (non-hydrogen) atoms. The number of hydrogen-bond donors (Lipinski definition) is 2. The molecule has 0 aliphatic carbocycles. The Bertz CT molecular complexity index is 942. The number of nitrogens with one attached hydrogen (secondary N) is 1. The zero-order valence-corrected chi connectivity index (χ0v) is 17.5. The number of hydrogen-bond acceptors (Lipinski definition) is 5. The number of nitrogens with zero attached hydrogens (tertiary/aromatic N) is 2. The summed E-state index contributed by atoms with van der Waals surface area (Å²) in [5, 5.41) is 3.03. The van der Waals surface area contributed by atoms with Crippen LogP contribution in [0, 0.1) is 5.92 Å². The van der Waals surface area contributed by atoms with Gasteiger partial charge in [-0.25, -0.2) is 0 Å². The first-order valence-electron chi connectivity index (χ1n) is 10.9. The van der Waals surface area contributed by atoms with Crippen LogP contribution in [0.4, 0.5) is 11.4 Å². The predicted octanol–water partition coefficient (Wildman–Crippen LogP) is 2.86. The summed E-state index contributed by atoms with van der Waals surface area (Å²) in [7, 11) is 0. The molecule has 2 aliphatic rings. The van der Waals surface area contributed by atoms with E-state index in [-0.39, 0.29) is 17.7 Å². The lowest BCUT2D eigenvalue weighted by Gasteiger charge is -2.32. The lowest BCUT2D eigenvalue weighted by Crippen LogP contribution is -2.41. The molecule has 164 valence electrons. The van der Waals surface area contributed by atoms with Gasteiger partial charge >= 0.3 is 0 Å². The number of carbonyl (C=O) groups is 3. The maximum Gasteiger partial charge on any atom is 0.289 e. The van der Waals surface area contributed by atoms with Crippen LogP contribution in [0.15, 0.2) is 41.0 Å². The number of piperidine rings is 2. The van der Waals surface area contributed by atoms with Crippen molar-refractivity contribution in [3.8, 4) is 0 Å². The van der Waals surface area contributed by atoms with E-state index >= 15 is 0 Å². The molecular formula is C23H28N4O4. The van der Waals surface area contributed by atoms with Gasteiger partial charge in [0, 0.05) is 37.7 Å². The molecule has 2 saturated heterocycles. The summed E-state index contributed by atoms with van der Waals surface area (Å²) in [6, 6.07) is 8.58. The van der Waals surface area contributed by atoms with Gasteiger partial charge in [0.15, 0.2) is 5.76 Å². The van der Waals surface area contributed by atoms with Crippen molar-refractivity contribution in [2.24, 2.45) is 11.7 Å². The highest BCUT2D eigenvalue weighted by molar-refractivity contribution is 6.00. The van der Waals surface area contributed by atoms with Crippen LogP contribution < -0.4 is 16.0 Å². The van der Waals surface area contributed by atoms with Crippen molar-refractivity contribution < 1.29 is 18.8 Å². The number of anilines is 2. The molecule has 0 radical (unpaired) electrons. The SMILES string of the molecule is NC(=O)c1ccc(N2CCCCC2)c(NC(=O)C2CCN(C(=O)c3ccco3)CC2)c1. The molecule has 2 aliphatic heterocycles. The van der Waals surface area contributed by atoms with Gasteiger partial charge in [-0.05, 0) is 62.4 Å². The van der Waals surface area contributed by atoms with Crippen LogP contribution >= 0.6 is 0 Å². The number of primary amides is 1. The smallest absolute Gasteiger partial charge is 0.289 e. The Morgan fingerprint density at radius 1 is 1.00 bits per heavy atom. The van der Waals surface area contributed by atoms with E-state index in [1.165, 1.54) is 12.7 Å². The fourth-order valence-electron chi connectivity index (χ4n) is 4.34. The summed E-state index contributed by atoms with van der Waals surface area (Å²) in [6.07, 6.45) is 6.04. The molecule has 2 aromatic rings. The van der Waals surface area contributed by atoms with Crippen molar-refractivity contribution in [2.75, 3.05) is 36.4 Å². The molecule has 2 fully saturated rings. The lowest BCUT2D eigenvalue weighted by molar-refractivity contribution is -0.121. The first-order chi connectivity index (χ1) is 15.0. The third kappa shape index (κ3) is 4.73. The van der Waals surface area contributed by atoms with Crippen LogP contribution in [0.1, 0.15) is 53.0 Å². The van der Waals surface area contributed by atoms with Crippen LogP contribution in [0.25, 0.3) is 0 Å². The predicted molar refractivity (Wildman–Crippen MR) is 117 cm³/mol. The van der Waals surface area contributed by atoms with Gasteiger partial charge in [0.2, 0.25) is 11.8 Å². The minimum Gasteiger partial charge on any atom is -0.459 e. The van der Waals surface area contributed by atoms with E-state index in [0.717, 1.165) is 31.6 Å².